The number of ether oxygens (including phenoxy) is 2. The fourth-order valence-corrected chi connectivity index (χ4v) is 6.89. The van der Waals surface area contributed by atoms with Crippen LogP contribution in [0.2, 0.25) is 18.1 Å². The number of aliphatic carboxylic acids is 1. The van der Waals surface area contributed by atoms with Gasteiger partial charge >= 0.3 is 5.97 Å². The molecule has 0 aromatic heterocycles. The van der Waals surface area contributed by atoms with E-state index in [1.54, 1.807) is 13.0 Å². The summed E-state index contributed by atoms with van der Waals surface area (Å²) in [5.41, 5.74) is 3.91. The smallest absolute Gasteiger partial charge is 0.332 e. The van der Waals surface area contributed by atoms with Gasteiger partial charge in [-0.3, -0.25) is 4.90 Å². The molecule has 1 N–H and O–H groups in total. The number of rotatable bonds is 16. The Balaban J connectivity index is 1.70. The summed E-state index contributed by atoms with van der Waals surface area (Å²) in [5, 5.41) is 9.38. The number of benzene rings is 2. The van der Waals surface area contributed by atoms with E-state index in [0.29, 0.717) is 37.7 Å². The molecule has 0 spiro atoms. The molecule has 1 heterocycles. The van der Waals surface area contributed by atoms with Crippen LogP contribution in [-0.2, 0) is 31.5 Å². The van der Waals surface area contributed by atoms with Crippen molar-refractivity contribution in [2.75, 3.05) is 26.3 Å². The van der Waals surface area contributed by atoms with Crippen molar-refractivity contribution in [3.63, 3.8) is 0 Å². The summed E-state index contributed by atoms with van der Waals surface area (Å²) in [4.78, 5) is 13.9. The Hall–Kier alpha value is -2.10. The highest BCUT2D eigenvalue weighted by Gasteiger charge is 2.40. The second-order valence-corrected chi connectivity index (χ2v) is 18.4. The predicted octanol–water partition coefficient (Wildman–Crippen LogP) is 7.73. The number of hydrogen-bond donors (Lipinski definition) is 1. The molecule has 0 bridgehead atoms. The highest BCUT2D eigenvalue weighted by atomic mass is 28.4. The van der Waals surface area contributed by atoms with Crippen molar-refractivity contribution in [1.29, 1.82) is 0 Å². The molecule has 2 aromatic carbocycles. The highest BCUT2D eigenvalue weighted by Crippen LogP contribution is 2.38. The zero-order valence-electron chi connectivity index (χ0n) is 27.6. The number of likely N-dealkylation sites (tertiary alicyclic amines) is 1. The van der Waals surface area contributed by atoms with E-state index in [4.69, 9.17) is 13.9 Å². The van der Waals surface area contributed by atoms with E-state index in [2.05, 4.69) is 63.9 Å². The maximum Gasteiger partial charge on any atom is 0.332 e. The lowest BCUT2D eigenvalue weighted by atomic mass is 10.0. The lowest BCUT2D eigenvalue weighted by Crippen LogP contribution is -2.49. The normalized spacial score (nSPS) is 18.5. The van der Waals surface area contributed by atoms with E-state index in [1.165, 1.54) is 0 Å². The molecule has 1 saturated heterocycles. The average Bonchev–Trinajstić information content (AvgIpc) is 3.37. The summed E-state index contributed by atoms with van der Waals surface area (Å²) in [5.74, 6) is -1.06. The molecular formula is C35H54FNO5Si. The summed E-state index contributed by atoms with van der Waals surface area (Å²) < 4.78 is 33.4. The molecule has 8 heteroatoms. The Kier molecular flexibility index (Phi) is 13.0. The minimum atomic E-state index is -2.07. The van der Waals surface area contributed by atoms with Crippen molar-refractivity contribution in [3.8, 4) is 0 Å². The van der Waals surface area contributed by atoms with Crippen LogP contribution in [0.5, 0.6) is 0 Å². The van der Waals surface area contributed by atoms with E-state index >= 15 is 0 Å². The Bertz CT molecular complexity index is 1180. The lowest BCUT2D eigenvalue weighted by Gasteiger charge is -2.41. The quantitative estimate of drug-likeness (QED) is 0.195. The minimum Gasteiger partial charge on any atom is -0.479 e. The number of halogens is 1. The number of aryl methyl sites for hydroxylation is 1. The number of carbonyl (C=O) groups is 1. The van der Waals surface area contributed by atoms with Gasteiger partial charge in [-0.25, -0.2) is 9.18 Å². The van der Waals surface area contributed by atoms with Gasteiger partial charge in [0.15, 0.2) is 14.4 Å². The van der Waals surface area contributed by atoms with Crippen LogP contribution in [0.4, 0.5) is 4.39 Å². The molecule has 240 valence electrons. The number of nitrogens with zero attached hydrogens (tertiary/aromatic N) is 1. The van der Waals surface area contributed by atoms with Crippen molar-refractivity contribution in [3.05, 3.63) is 70.5 Å². The third kappa shape index (κ3) is 10.2. The molecular weight excluding hydrogens is 561 g/mol. The van der Waals surface area contributed by atoms with E-state index in [9.17, 15) is 14.3 Å². The van der Waals surface area contributed by atoms with Gasteiger partial charge in [0, 0.05) is 12.6 Å². The van der Waals surface area contributed by atoms with Gasteiger partial charge in [-0.15, -0.1) is 0 Å². The predicted molar refractivity (Wildman–Crippen MR) is 174 cm³/mol. The standard InChI is InChI=1S/C35H54FNO5Si/c1-9-33(34(38)39)40-20-18-28-13-10-11-15-31(28)26(3)41-24-30(42-43(7,8)35(4,5)6)23-37-19-12-14-29(37)21-27-17-16-25(2)32(36)22-27/h10-11,13,15-17,22,26,29-30,33H,9,12,14,18-21,23-24H2,1-8H3,(H,38,39)/t26-,29+,30+,33?/m1/s1. The van der Waals surface area contributed by atoms with Gasteiger partial charge in [0.1, 0.15) is 5.82 Å². The van der Waals surface area contributed by atoms with E-state index in [1.807, 2.05) is 25.1 Å². The maximum absolute atomic E-state index is 14.3. The molecule has 0 aliphatic carbocycles. The van der Waals surface area contributed by atoms with Crippen molar-refractivity contribution in [2.24, 2.45) is 0 Å². The Morgan fingerprint density at radius 2 is 1.88 bits per heavy atom. The molecule has 2 aromatic rings. The molecule has 1 aliphatic rings. The summed E-state index contributed by atoms with van der Waals surface area (Å²) in [7, 11) is -2.07. The van der Waals surface area contributed by atoms with Crippen molar-refractivity contribution >= 4 is 14.3 Å². The minimum absolute atomic E-state index is 0.0690. The van der Waals surface area contributed by atoms with Crippen LogP contribution in [0.1, 0.15) is 82.2 Å². The van der Waals surface area contributed by atoms with E-state index in [0.717, 1.165) is 49.0 Å². The zero-order chi connectivity index (χ0) is 31.8. The van der Waals surface area contributed by atoms with Crippen LogP contribution >= 0.6 is 0 Å². The molecule has 1 fully saturated rings. The Morgan fingerprint density at radius 1 is 1.16 bits per heavy atom. The number of carboxylic acids is 1. The van der Waals surface area contributed by atoms with Gasteiger partial charge in [-0.05, 0) is 98.9 Å². The van der Waals surface area contributed by atoms with E-state index < -0.39 is 20.4 Å². The first-order chi connectivity index (χ1) is 20.2. The molecule has 0 radical (unpaired) electrons. The van der Waals surface area contributed by atoms with Crippen LogP contribution in [0.25, 0.3) is 0 Å². The van der Waals surface area contributed by atoms with Crippen LogP contribution in [-0.4, -0.2) is 68.8 Å². The summed E-state index contributed by atoms with van der Waals surface area (Å²) >= 11 is 0. The third-order valence-corrected chi connectivity index (χ3v) is 13.8. The molecule has 1 aliphatic heterocycles. The second kappa shape index (κ2) is 15.8. The molecule has 0 saturated carbocycles. The first-order valence-corrected chi connectivity index (χ1v) is 18.8. The van der Waals surface area contributed by atoms with E-state index in [-0.39, 0.29) is 23.1 Å². The first kappa shape index (κ1) is 35.4. The van der Waals surface area contributed by atoms with Crippen LogP contribution in [0.15, 0.2) is 42.5 Å². The fourth-order valence-electron chi connectivity index (χ4n) is 5.56. The Labute approximate surface area is 260 Å². The third-order valence-electron chi connectivity index (χ3n) is 9.27. The molecule has 6 nitrogen and oxygen atoms in total. The maximum atomic E-state index is 14.3. The summed E-state index contributed by atoms with van der Waals surface area (Å²) in [6, 6.07) is 14.1. The Morgan fingerprint density at radius 3 is 2.53 bits per heavy atom. The van der Waals surface area contributed by atoms with Crippen LogP contribution in [0, 0.1) is 12.7 Å². The summed E-state index contributed by atoms with van der Waals surface area (Å²) in [6.45, 7) is 19.6. The second-order valence-electron chi connectivity index (χ2n) is 13.6. The molecule has 3 rings (SSSR count). The first-order valence-electron chi connectivity index (χ1n) is 15.9. The van der Waals surface area contributed by atoms with Crippen molar-refractivity contribution < 1.29 is 28.2 Å². The fraction of sp³-hybridized carbons (Fsp3) is 0.629. The lowest BCUT2D eigenvalue weighted by molar-refractivity contribution is -0.150. The van der Waals surface area contributed by atoms with Gasteiger partial charge in [0.25, 0.3) is 0 Å². The average molecular weight is 616 g/mol. The monoisotopic (exact) mass is 615 g/mol. The van der Waals surface area contributed by atoms with Crippen LogP contribution in [0.3, 0.4) is 0 Å². The zero-order valence-corrected chi connectivity index (χ0v) is 28.6. The molecule has 4 atom stereocenters. The van der Waals surface area contributed by atoms with Gasteiger partial charge < -0.3 is 19.0 Å². The largest absolute Gasteiger partial charge is 0.479 e. The summed E-state index contributed by atoms with van der Waals surface area (Å²) in [6.07, 6.45) is 3.07. The van der Waals surface area contributed by atoms with Gasteiger partial charge in [-0.2, -0.15) is 0 Å². The van der Waals surface area contributed by atoms with Crippen LogP contribution < -0.4 is 0 Å². The van der Waals surface area contributed by atoms with Crippen molar-refractivity contribution in [2.45, 2.75) is 116 Å². The van der Waals surface area contributed by atoms with Crippen molar-refractivity contribution in [1.82, 2.24) is 4.90 Å². The SMILES string of the molecule is CCC(OCCc1ccccc1[C@@H](C)OC[C@H](CN1CCC[C@H]1Cc1ccc(C)c(F)c1)O[Si](C)(C)C(C)(C)C)C(=O)O. The number of carboxylic acid groups (broad SMARTS) is 1. The van der Waals surface area contributed by atoms with Gasteiger partial charge in [0.2, 0.25) is 0 Å². The molecule has 43 heavy (non-hydrogen) atoms. The molecule has 0 amide bonds. The molecule has 1 unspecified atom stereocenters. The highest BCUT2D eigenvalue weighted by molar-refractivity contribution is 6.74. The van der Waals surface area contributed by atoms with Gasteiger partial charge in [-0.1, -0.05) is 64.1 Å². The van der Waals surface area contributed by atoms with Gasteiger partial charge in [0.05, 0.1) is 25.4 Å². The topological polar surface area (TPSA) is 68.2 Å². The number of hydrogen-bond acceptors (Lipinski definition) is 5.